The summed E-state index contributed by atoms with van der Waals surface area (Å²) in [6.45, 7) is 4.96. The van der Waals surface area contributed by atoms with Crippen LogP contribution < -0.4 is 10.6 Å². The van der Waals surface area contributed by atoms with Gasteiger partial charge in [0.1, 0.15) is 5.66 Å². The van der Waals surface area contributed by atoms with E-state index >= 15 is 0 Å². The van der Waals surface area contributed by atoms with Crippen LogP contribution in [-0.4, -0.2) is 28.1 Å². The van der Waals surface area contributed by atoms with Gasteiger partial charge in [0.15, 0.2) is 0 Å². The first-order valence-corrected chi connectivity index (χ1v) is 3.71. The van der Waals surface area contributed by atoms with Gasteiger partial charge in [0.2, 0.25) is 0 Å². The summed E-state index contributed by atoms with van der Waals surface area (Å²) in [6.07, 6.45) is -1.82. The molecular weight excluding hydrogens is 176 g/mol. The number of nitrogens with one attached hydrogen (secondary N) is 2. The average molecular weight is 189 g/mol. The molecule has 0 aliphatic heterocycles. The molecule has 0 spiro atoms. The van der Waals surface area contributed by atoms with Crippen LogP contribution in [0.2, 0.25) is 0 Å². The Morgan fingerprint density at radius 3 is 1.92 bits per heavy atom. The normalized spacial score (nSPS) is 10.6. The Labute approximate surface area is 75.9 Å². The molecule has 0 saturated heterocycles. The second-order valence-electron chi connectivity index (χ2n) is 2.80. The number of carboxylic acid groups (broad SMARTS) is 2. The zero-order valence-electron chi connectivity index (χ0n) is 7.33. The molecule has 0 unspecified atom stereocenters. The Balaban J connectivity index is 4.32. The molecule has 0 rings (SSSR count). The Bertz CT molecular complexity index is 189. The number of amides is 2. The maximum Gasteiger partial charge on any atom is 0.406 e. The van der Waals surface area contributed by atoms with Crippen LogP contribution in [-0.2, 0) is 0 Å². The van der Waals surface area contributed by atoms with E-state index in [1.807, 2.05) is 0 Å². The van der Waals surface area contributed by atoms with Gasteiger partial charge in [-0.15, -0.1) is 0 Å². The molecule has 0 aromatic heterocycles. The Kier molecular flexibility index (Phi) is 4.03. The summed E-state index contributed by atoms with van der Waals surface area (Å²) in [5.41, 5.74) is -1.17. The fourth-order valence-electron chi connectivity index (χ4n) is 0.982. The lowest BCUT2D eigenvalue weighted by atomic mass is 10.1. The van der Waals surface area contributed by atoms with Crippen molar-refractivity contribution in [1.29, 1.82) is 0 Å². The van der Waals surface area contributed by atoms with Gasteiger partial charge in [-0.05, 0) is 19.8 Å². The Morgan fingerprint density at radius 1 is 1.31 bits per heavy atom. The SMILES string of the molecule is [CH2]CCC(C)(NC(=O)O)NC(=O)O. The van der Waals surface area contributed by atoms with Gasteiger partial charge in [-0.3, -0.25) is 10.6 Å². The van der Waals surface area contributed by atoms with E-state index in [1.165, 1.54) is 6.92 Å². The van der Waals surface area contributed by atoms with Crippen molar-refractivity contribution in [3.05, 3.63) is 6.92 Å². The highest BCUT2D eigenvalue weighted by atomic mass is 16.4. The lowest BCUT2D eigenvalue weighted by Crippen LogP contribution is -2.57. The van der Waals surface area contributed by atoms with E-state index in [-0.39, 0.29) is 0 Å². The summed E-state index contributed by atoms with van der Waals surface area (Å²) >= 11 is 0. The van der Waals surface area contributed by atoms with Crippen molar-refractivity contribution < 1.29 is 19.8 Å². The minimum Gasteiger partial charge on any atom is -0.465 e. The van der Waals surface area contributed by atoms with Gasteiger partial charge in [0.05, 0.1) is 0 Å². The van der Waals surface area contributed by atoms with E-state index in [4.69, 9.17) is 10.2 Å². The minimum atomic E-state index is -1.27. The van der Waals surface area contributed by atoms with E-state index < -0.39 is 17.8 Å². The topological polar surface area (TPSA) is 98.7 Å². The van der Waals surface area contributed by atoms with Crippen molar-refractivity contribution in [2.45, 2.75) is 25.4 Å². The molecule has 4 N–H and O–H groups in total. The van der Waals surface area contributed by atoms with E-state index in [2.05, 4.69) is 17.6 Å². The Morgan fingerprint density at radius 2 is 1.69 bits per heavy atom. The first-order valence-electron chi connectivity index (χ1n) is 3.71. The fraction of sp³-hybridized carbons (Fsp3) is 0.571. The van der Waals surface area contributed by atoms with E-state index in [0.29, 0.717) is 12.8 Å². The molecule has 75 valence electrons. The summed E-state index contributed by atoms with van der Waals surface area (Å²) in [7, 11) is 0. The lowest BCUT2D eigenvalue weighted by molar-refractivity contribution is 0.154. The summed E-state index contributed by atoms with van der Waals surface area (Å²) in [6, 6.07) is 0. The van der Waals surface area contributed by atoms with Gasteiger partial charge in [-0.1, -0.05) is 6.92 Å². The molecule has 0 aliphatic carbocycles. The van der Waals surface area contributed by atoms with E-state index in [1.54, 1.807) is 0 Å². The summed E-state index contributed by atoms with van der Waals surface area (Å²) in [4.78, 5) is 20.6. The molecule has 0 aromatic rings. The van der Waals surface area contributed by atoms with Crippen LogP contribution in [0.4, 0.5) is 9.59 Å². The number of rotatable bonds is 4. The fourth-order valence-corrected chi connectivity index (χ4v) is 0.982. The van der Waals surface area contributed by atoms with Crippen molar-refractivity contribution >= 4 is 12.2 Å². The van der Waals surface area contributed by atoms with E-state index in [0.717, 1.165) is 0 Å². The zero-order chi connectivity index (χ0) is 10.5. The first kappa shape index (κ1) is 11.5. The summed E-state index contributed by atoms with van der Waals surface area (Å²) < 4.78 is 0. The molecule has 2 amide bonds. The van der Waals surface area contributed by atoms with Gasteiger partial charge in [-0.2, -0.15) is 0 Å². The minimum absolute atomic E-state index is 0.297. The maximum atomic E-state index is 10.3. The standard InChI is InChI=1S/C7H13N2O4/c1-3-4-7(2,8-5(10)11)9-6(12)13/h8-9H,1,3-4H2,2H3,(H,10,11)(H,12,13). The molecule has 0 saturated carbocycles. The van der Waals surface area contributed by atoms with Gasteiger partial charge < -0.3 is 10.2 Å². The van der Waals surface area contributed by atoms with Crippen LogP contribution in [0.15, 0.2) is 0 Å². The first-order chi connectivity index (χ1) is 5.89. The van der Waals surface area contributed by atoms with Crippen LogP contribution in [0.25, 0.3) is 0 Å². The molecule has 0 aromatic carbocycles. The van der Waals surface area contributed by atoms with Crippen LogP contribution in [0.1, 0.15) is 19.8 Å². The molecular formula is C7H13N2O4. The molecule has 0 fully saturated rings. The van der Waals surface area contributed by atoms with Gasteiger partial charge >= 0.3 is 12.2 Å². The molecule has 6 heteroatoms. The van der Waals surface area contributed by atoms with E-state index in [9.17, 15) is 9.59 Å². The van der Waals surface area contributed by atoms with Crippen LogP contribution in [0.5, 0.6) is 0 Å². The van der Waals surface area contributed by atoms with Crippen molar-refractivity contribution in [3.63, 3.8) is 0 Å². The van der Waals surface area contributed by atoms with Crippen molar-refractivity contribution in [2.24, 2.45) is 0 Å². The number of hydrogen-bond acceptors (Lipinski definition) is 2. The third-order valence-corrected chi connectivity index (χ3v) is 1.44. The number of carbonyl (C=O) groups is 2. The number of hydrogen-bond donors (Lipinski definition) is 4. The summed E-state index contributed by atoms with van der Waals surface area (Å²) in [5.74, 6) is 0. The van der Waals surface area contributed by atoms with Crippen LogP contribution in [0, 0.1) is 6.92 Å². The molecule has 1 radical (unpaired) electrons. The zero-order valence-corrected chi connectivity index (χ0v) is 7.33. The summed E-state index contributed by atoms with van der Waals surface area (Å²) in [5, 5.41) is 21.0. The highest BCUT2D eigenvalue weighted by Gasteiger charge is 2.26. The smallest absolute Gasteiger partial charge is 0.406 e. The highest BCUT2D eigenvalue weighted by molar-refractivity contribution is 5.69. The second-order valence-corrected chi connectivity index (χ2v) is 2.80. The molecule has 0 aliphatic rings. The molecule has 0 heterocycles. The second kappa shape index (κ2) is 4.54. The Hall–Kier alpha value is -1.46. The van der Waals surface area contributed by atoms with Crippen LogP contribution in [0.3, 0.4) is 0 Å². The highest BCUT2D eigenvalue weighted by Crippen LogP contribution is 2.07. The van der Waals surface area contributed by atoms with Crippen molar-refractivity contribution in [2.75, 3.05) is 0 Å². The largest absolute Gasteiger partial charge is 0.465 e. The predicted molar refractivity (Wildman–Crippen MR) is 45.3 cm³/mol. The van der Waals surface area contributed by atoms with Crippen molar-refractivity contribution in [1.82, 2.24) is 10.6 Å². The monoisotopic (exact) mass is 189 g/mol. The molecule has 6 nitrogen and oxygen atoms in total. The average Bonchev–Trinajstić information content (AvgIpc) is 1.81. The molecule has 0 atom stereocenters. The predicted octanol–water partition coefficient (Wildman–Crippen LogP) is 0.852. The molecule has 13 heavy (non-hydrogen) atoms. The van der Waals surface area contributed by atoms with Gasteiger partial charge in [-0.25, -0.2) is 9.59 Å². The van der Waals surface area contributed by atoms with Gasteiger partial charge in [0.25, 0.3) is 0 Å². The third-order valence-electron chi connectivity index (χ3n) is 1.44. The quantitative estimate of drug-likeness (QED) is 0.493. The van der Waals surface area contributed by atoms with Crippen LogP contribution >= 0.6 is 0 Å². The van der Waals surface area contributed by atoms with Crippen molar-refractivity contribution in [3.8, 4) is 0 Å². The molecule has 0 bridgehead atoms. The lowest BCUT2D eigenvalue weighted by Gasteiger charge is -2.28. The van der Waals surface area contributed by atoms with Gasteiger partial charge in [0, 0.05) is 0 Å². The third kappa shape index (κ3) is 4.89. The maximum absolute atomic E-state index is 10.3.